The van der Waals surface area contributed by atoms with E-state index in [1.165, 1.54) is 6.42 Å². The predicted octanol–water partition coefficient (Wildman–Crippen LogP) is 2.04. The predicted molar refractivity (Wildman–Crippen MR) is 57.3 cm³/mol. The van der Waals surface area contributed by atoms with Crippen molar-refractivity contribution in [3.63, 3.8) is 0 Å². The van der Waals surface area contributed by atoms with Gasteiger partial charge in [-0.15, -0.1) is 0 Å². The maximum Gasteiger partial charge on any atom is 0.0181 e. The second-order valence-corrected chi connectivity index (χ2v) is 2.82. The summed E-state index contributed by atoms with van der Waals surface area (Å²) in [6.45, 7) is 9.92. The molecule has 0 spiro atoms. The lowest BCUT2D eigenvalue weighted by molar-refractivity contribution is 0.358. The van der Waals surface area contributed by atoms with Gasteiger partial charge < -0.3 is 9.80 Å². The Morgan fingerprint density at radius 2 is 1.58 bits per heavy atom. The maximum atomic E-state index is 3.67. The van der Waals surface area contributed by atoms with Crippen molar-refractivity contribution < 1.29 is 0 Å². The summed E-state index contributed by atoms with van der Waals surface area (Å²) in [5, 5.41) is 0. The topological polar surface area (TPSA) is 6.48 Å². The van der Waals surface area contributed by atoms with Crippen LogP contribution < -0.4 is 0 Å². The van der Waals surface area contributed by atoms with Crippen molar-refractivity contribution in [2.75, 3.05) is 34.2 Å². The molecule has 0 aliphatic rings. The molecule has 2 heteroatoms. The van der Waals surface area contributed by atoms with Gasteiger partial charge in [0.1, 0.15) is 0 Å². The molecule has 0 atom stereocenters. The van der Waals surface area contributed by atoms with Crippen LogP contribution in [0.1, 0.15) is 20.3 Å². The number of rotatable bonds is 5. The Balaban J connectivity index is 0. The van der Waals surface area contributed by atoms with Crippen molar-refractivity contribution in [1.82, 2.24) is 9.80 Å². The molecular formula is C10H24N2. The van der Waals surface area contributed by atoms with Crippen LogP contribution in [0.15, 0.2) is 12.8 Å². The zero-order chi connectivity index (χ0) is 9.98. The summed E-state index contributed by atoms with van der Waals surface area (Å²) < 4.78 is 0. The molecular weight excluding hydrogens is 148 g/mol. The van der Waals surface area contributed by atoms with Gasteiger partial charge in [-0.2, -0.15) is 0 Å². The lowest BCUT2D eigenvalue weighted by Gasteiger charge is -2.14. The third-order valence-electron chi connectivity index (χ3n) is 1.43. The van der Waals surface area contributed by atoms with Gasteiger partial charge in [0.25, 0.3) is 0 Å². The molecule has 0 aliphatic heterocycles. The Bertz CT molecular complexity index is 89.8. The minimum atomic E-state index is 1.10. The van der Waals surface area contributed by atoms with Crippen molar-refractivity contribution in [3.8, 4) is 0 Å². The fourth-order valence-corrected chi connectivity index (χ4v) is 0.728. The Hall–Kier alpha value is -0.500. The van der Waals surface area contributed by atoms with Crippen LogP contribution in [0.4, 0.5) is 0 Å². The molecule has 12 heavy (non-hydrogen) atoms. The summed E-state index contributed by atoms with van der Waals surface area (Å²) in [4.78, 5) is 4.29. The first-order valence-electron chi connectivity index (χ1n) is 4.64. The fourth-order valence-electron chi connectivity index (χ4n) is 0.728. The minimum Gasteiger partial charge on any atom is -0.381 e. The third-order valence-corrected chi connectivity index (χ3v) is 1.43. The smallest absolute Gasteiger partial charge is 0.0181 e. The SMILES string of the molecule is C=CN(C)CCCN(C)C.CC. The first-order valence-corrected chi connectivity index (χ1v) is 4.64. The Morgan fingerprint density at radius 3 is 1.92 bits per heavy atom. The summed E-state index contributed by atoms with van der Waals surface area (Å²) in [6, 6.07) is 0. The molecule has 0 radical (unpaired) electrons. The monoisotopic (exact) mass is 172 g/mol. The molecule has 74 valence electrons. The Morgan fingerprint density at radius 1 is 1.08 bits per heavy atom. The molecule has 0 unspecified atom stereocenters. The van der Waals surface area contributed by atoms with Crippen molar-refractivity contribution >= 4 is 0 Å². The van der Waals surface area contributed by atoms with Gasteiger partial charge >= 0.3 is 0 Å². The third kappa shape index (κ3) is 12.2. The van der Waals surface area contributed by atoms with Gasteiger partial charge in [0.05, 0.1) is 0 Å². The van der Waals surface area contributed by atoms with Gasteiger partial charge in [-0.3, -0.25) is 0 Å². The molecule has 0 saturated carbocycles. The van der Waals surface area contributed by atoms with E-state index in [0.717, 1.165) is 13.1 Å². The van der Waals surface area contributed by atoms with E-state index in [9.17, 15) is 0 Å². The second-order valence-electron chi connectivity index (χ2n) is 2.82. The molecule has 0 amide bonds. The Kier molecular flexibility index (Phi) is 12.3. The van der Waals surface area contributed by atoms with Crippen LogP contribution in [0.2, 0.25) is 0 Å². The fraction of sp³-hybridized carbons (Fsp3) is 0.800. The highest BCUT2D eigenvalue weighted by molar-refractivity contribution is 4.65. The molecule has 0 fully saturated rings. The molecule has 0 aromatic carbocycles. The van der Waals surface area contributed by atoms with Gasteiger partial charge in [0.15, 0.2) is 0 Å². The molecule has 0 heterocycles. The average molecular weight is 172 g/mol. The van der Waals surface area contributed by atoms with Gasteiger partial charge in [0, 0.05) is 13.6 Å². The van der Waals surface area contributed by atoms with E-state index >= 15 is 0 Å². The quantitative estimate of drug-likeness (QED) is 0.626. The van der Waals surface area contributed by atoms with E-state index in [0.29, 0.717) is 0 Å². The van der Waals surface area contributed by atoms with E-state index in [1.54, 1.807) is 0 Å². The largest absolute Gasteiger partial charge is 0.381 e. The summed E-state index contributed by atoms with van der Waals surface area (Å²) in [5.41, 5.74) is 0. The van der Waals surface area contributed by atoms with Crippen LogP contribution in [-0.2, 0) is 0 Å². The van der Waals surface area contributed by atoms with Crippen LogP contribution in [0.25, 0.3) is 0 Å². The standard InChI is InChI=1S/C8H18N2.C2H6/c1-5-10(4)8-6-7-9(2)3;1-2/h5H,1,6-8H2,2-4H3;1-2H3. The molecule has 0 saturated heterocycles. The van der Waals surface area contributed by atoms with E-state index < -0.39 is 0 Å². The van der Waals surface area contributed by atoms with Crippen LogP contribution in [0, 0.1) is 0 Å². The van der Waals surface area contributed by atoms with Gasteiger partial charge in [-0.05, 0) is 33.3 Å². The molecule has 0 aromatic heterocycles. The Labute approximate surface area is 77.9 Å². The molecule has 0 rings (SSSR count). The van der Waals surface area contributed by atoms with Crippen molar-refractivity contribution in [2.24, 2.45) is 0 Å². The van der Waals surface area contributed by atoms with E-state index in [1.807, 2.05) is 27.1 Å². The van der Waals surface area contributed by atoms with E-state index in [2.05, 4.69) is 30.5 Å². The first kappa shape index (κ1) is 14.0. The van der Waals surface area contributed by atoms with Crippen molar-refractivity contribution in [2.45, 2.75) is 20.3 Å². The van der Waals surface area contributed by atoms with Crippen LogP contribution in [-0.4, -0.2) is 44.0 Å². The first-order chi connectivity index (χ1) is 5.66. The number of hydrogen-bond donors (Lipinski definition) is 0. The maximum absolute atomic E-state index is 3.67. The molecule has 0 bridgehead atoms. The number of nitrogens with zero attached hydrogens (tertiary/aromatic N) is 2. The van der Waals surface area contributed by atoms with Gasteiger partial charge in [0.2, 0.25) is 0 Å². The highest BCUT2D eigenvalue weighted by atomic mass is 15.1. The zero-order valence-corrected chi connectivity index (χ0v) is 9.30. The molecule has 2 nitrogen and oxygen atoms in total. The van der Waals surface area contributed by atoms with Crippen LogP contribution in [0.3, 0.4) is 0 Å². The van der Waals surface area contributed by atoms with Gasteiger partial charge in [-0.1, -0.05) is 20.4 Å². The normalized spacial score (nSPS) is 8.83. The highest BCUT2D eigenvalue weighted by Crippen LogP contribution is 1.88. The molecule has 0 aromatic rings. The van der Waals surface area contributed by atoms with Crippen molar-refractivity contribution in [1.29, 1.82) is 0 Å². The average Bonchev–Trinajstić information content (AvgIpc) is 2.07. The lowest BCUT2D eigenvalue weighted by atomic mass is 10.4. The summed E-state index contributed by atoms with van der Waals surface area (Å²) >= 11 is 0. The summed E-state index contributed by atoms with van der Waals surface area (Å²) in [6.07, 6.45) is 3.06. The summed E-state index contributed by atoms with van der Waals surface area (Å²) in [7, 11) is 6.23. The molecule has 0 N–H and O–H groups in total. The number of hydrogen-bond acceptors (Lipinski definition) is 2. The minimum absolute atomic E-state index is 1.10. The molecule has 0 aliphatic carbocycles. The van der Waals surface area contributed by atoms with Crippen molar-refractivity contribution in [3.05, 3.63) is 12.8 Å². The van der Waals surface area contributed by atoms with Crippen LogP contribution >= 0.6 is 0 Å². The van der Waals surface area contributed by atoms with E-state index in [4.69, 9.17) is 0 Å². The lowest BCUT2D eigenvalue weighted by Crippen LogP contribution is -2.19. The highest BCUT2D eigenvalue weighted by Gasteiger charge is 1.91. The zero-order valence-electron chi connectivity index (χ0n) is 9.30. The summed E-state index contributed by atoms with van der Waals surface area (Å²) in [5.74, 6) is 0. The van der Waals surface area contributed by atoms with Gasteiger partial charge in [-0.25, -0.2) is 0 Å². The second kappa shape index (κ2) is 10.5. The van der Waals surface area contributed by atoms with E-state index in [-0.39, 0.29) is 0 Å². The van der Waals surface area contributed by atoms with Crippen LogP contribution in [0.5, 0.6) is 0 Å².